The van der Waals surface area contributed by atoms with E-state index in [0.29, 0.717) is 25.7 Å². The second kappa shape index (κ2) is 75.8. The molecule has 0 aliphatic heterocycles. The molecule has 0 heterocycles. The first-order chi connectivity index (χ1) is 50.2. The quantitative estimate of drug-likeness (QED) is 0.0146. The van der Waals surface area contributed by atoms with Gasteiger partial charge in [0, 0.05) is 19.3 Å². The number of esters is 3. The summed E-state index contributed by atoms with van der Waals surface area (Å²) in [6.07, 6.45) is 100. The minimum Gasteiger partial charge on any atom is -0.463 e. The molecule has 0 aliphatic carbocycles. The minimum atomic E-state index is -4.97. The minimum absolute atomic E-state index is 0.0288. The Morgan fingerprint density at radius 1 is 0.272 bits per heavy atom. The molecule has 0 fully saturated rings. The maximum Gasteiger partial charge on any atom is 0.472 e. The molecular formula is C85H134O16P2. The topological polar surface area (TPSA) is 231 Å². The Bertz CT molecular complexity index is 2700. The number of phosphoric ester groups is 2. The van der Waals surface area contributed by atoms with Crippen LogP contribution in [0.15, 0.2) is 207 Å². The van der Waals surface area contributed by atoms with E-state index in [1.54, 1.807) is 0 Å². The molecule has 18 heteroatoms. The number of aliphatic hydroxyl groups excluding tert-OH is 2. The highest BCUT2D eigenvalue weighted by molar-refractivity contribution is 7.47. The van der Waals surface area contributed by atoms with Crippen molar-refractivity contribution >= 4 is 33.6 Å². The summed E-state index contributed by atoms with van der Waals surface area (Å²) in [5, 5.41) is 20.6. The average Bonchev–Trinajstić information content (AvgIpc) is 0.918. The zero-order chi connectivity index (χ0) is 75.2. The Balaban J connectivity index is 4.69. The lowest BCUT2D eigenvalue weighted by Gasteiger charge is -2.21. The third kappa shape index (κ3) is 77.1. The molecule has 103 heavy (non-hydrogen) atoms. The zero-order valence-corrected chi connectivity index (χ0v) is 64.9. The summed E-state index contributed by atoms with van der Waals surface area (Å²) in [5.74, 6) is -1.73. The summed E-state index contributed by atoms with van der Waals surface area (Å²) >= 11 is 0. The van der Waals surface area contributed by atoms with Gasteiger partial charge in [0.05, 0.1) is 26.4 Å². The number of allylic oxidation sites excluding steroid dienone is 34. The van der Waals surface area contributed by atoms with Gasteiger partial charge in [-0.25, -0.2) is 9.13 Å². The summed E-state index contributed by atoms with van der Waals surface area (Å²) in [6.45, 7) is 2.16. The number of carbonyl (C=O) groups excluding carboxylic acids is 3. The van der Waals surface area contributed by atoms with E-state index < -0.39 is 91.5 Å². The van der Waals surface area contributed by atoms with Crippen LogP contribution in [-0.2, 0) is 55.8 Å². The van der Waals surface area contributed by atoms with Gasteiger partial charge < -0.3 is 34.2 Å². The molecule has 16 nitrogen and oxygen atoms in total. The van der Waals surface area contributed by atoms with Crippen molar-refractivity contribution in [2.75, 3.05) is 39.6 Å². The SMILES string of the molecule is CC/C=C\C/C=C\C/C=C\C/C=C\C/C=C\C/C=C\CCCCCCCCCCCCC(=O)OCC(O)COP(=O)(O)OCC(O)COP(=O)(O)OCC(COC(=O)CC/C=C\C/C=C\C/C=C\C/C=C\C/C=C\C/C=C\CC)OC(=O)CCCCC/C=C\C/C=C\C/C=C\C/C=C\C/C=C\CC. The van der Waals surface area contributed by atoms with E-state index in [1.165, 1.54) is 32.1 Å². The number of rotatable bonds is 70. The molecule has 0 aliphatic rings. The van der Waals surface area contributed by atoms with Gasteiger partial charge >= 0.3 is 33.6 Å². The van der Waals surface area contributed by atoms with Crippen molar-refractivity contribution < 1.29 is 75.8 Å². The number of hydrogen-bond acceptors (Lipinski definition) is 14. The van der Waals surface area contributed by atoms with Crippen molar-refractivity contribution in [3.63, 3.8) is 0 Å². The van der Waals surface area contributed by atoms with Crippen LogP contribution in [0.5, 0.6) is 0 Å². The molecule has 0 aromatic carbocycles. The molecule has 0 bridgehead atoms. The first-order valence-corrected chi connectivity index (χ1v) is 41.4. The monoisotopic (exact) mass is 1470 g/mol. The normalized spacial score (nSPS) is 15.1. The molecule has 0 aromatic heterocycles. The number of unbranched alkanes of at least 4 members (excludes halogenated alkanes) is 13. The lowest BCUT2D eigenvalue weighted by atomic mass is 10.1. The van der Waals surface area contributed by atoms with Crippen LogP contribution in [0.25, 0.3) is 0 Å². The summed E-state index contributed by atoms with van der Waals surface area (Å²) in [7, 11) is -9.84. The molecule has 5 atom stereocenters. The van der Waals surface area contributed by atoms with Crippen LogP contribution in [0.1, 0.15) is 252 Å². The van der Waals surface area contributed by atoms with E-state index in [-0.39, 0.29) is 19.3 Å². The Morgan fingerprint density at radius 3 is 0.835 bits per heavy atom. The molecule has 0 aromatic rings. The predicted molar refractivity (Wildman–Crippen MR) is 426 cm³/mol. The largest absolute Gasteiger partial charge is 0.472 e. The molecule has 0 saturated heterocycles. The number of ether oxygens (including phenoxy) is 3. The Hall–Kier alpha value is -5.87. The number of aliphatic hydroxyl groups is 2. The standard InChI is InChI=1S/C85H134O16P2/c1-4-7-10-13-16-19-22-25-28-31-34-35-36-37-38-39-40-41-42-43-46-48-50-53-56-59-62-65-68-71-83(88)95-74-80(86)75-97-102(91,92)98-76-81(87)77-99-103(93,94)100-79-82(101-85(90)73-70-67-64-61-58-55-52-49-45-33-30-27-24-21-18-15-12-9-6-3)78-96-84(89)72-69-66-63-60-57-54-51-47-44-32-29-26-23-20-17-14-11-8-5-2/h7-12,16-21,25-30,34-35,37-38,40-41,44-45,47,49,54-55,57-58,63,66,80-82,86-87H,4-6,13-15,22-24,31-33,36,39,42-43,46,48,50-53,56,59-62,64-65,67-79H2,1-3H3,(H,91,92)(H,93,94)/b10-7-,11-8-,12-9-,19-16-,20-17-,21-18-,28-25-,29-26-,30-27-,35-34-,38-37-,41-40-,47-44-,49-45-,57-54-,58-55-,66-63-. The van der Waals surface area contributed by atoms with Crippen LogP contribution in [0.3, 0.4) is 0 Å². The van der Waals surface area contributed by atoms with Gasteiger partial charge in [-0.05, 0) is 154 Å². The van der Waals surface area contributed by atoms with Gasteiger partial charge in [-0.1, -0.05) is 285 Å². The predicted octanol–water partition coefficient (Wildman–Crippen LogP) is 22.5. The highest BCUT2D eigenvalue weighted by atomic mass is 31.2. The van der Waals surface area contributed by atoms with Crippen LogP contribution < -0.4 is 0 Å². The Labute approximate surface area is 622 Å². The average molecular weight is 1470 g/mol. The molecule has 0 rings (SSSR count). The van der Waals surface area contributed by atoms with Crippen molar-refractivity contribution in [2.24, 2.45) is 0 Å². The van der Waals surface area contributed by atoms with E-state index in [4.69, 9.17) is 32.3 Å². The maximum absolute atomic E-state index is 13.0. The van der Waals surface area contributed by atoms with Gasteiger partial charge in [0.1, 0.15) is 25.4 Å². The first-order valence-electron chi connectivity index (χ1n) is 38.4. The molecule has 0 spiro atoms. The number of hydrogen-bond donors (Lipinski definition) is 4. The number of phosphoric acid groups is 2. The second-order valence-electron chi connectivity index (χ2n) is 24.7. The van der Waals surface area contributed by atoms with Crippen LogP contribution in [0.4, 0.5) is 0 Å². The zero-order valence-electron chi connectivity index (χ0n) is 63.1. The lowest BCUT2D eigenvalue weighted by molar-refractivity contribution is -0.161. The summed E-state index contributed by atoms with van der Waals surface area (Å²) in [5.41, 5.74) is 0. The molecule has 4 N–H and O–H groups in total. The molecule has 580 valence electrons. The van der Waals surface area contributed by atoms with Crippen molar-refractivity contribution in [3.8, 4) is 0 Å². The van der Waals surface area contributed by atoms with Crippen LogP contribution in [-0.4, -0.2) is 95.9 Å². The van der Waals surface area contributed by atoms with E-state index >= 15 is 0 Å². The van der Waals surface area contributed by atoms with Crippen LogP contribution in [0, 0.1) is 0 Å². The summed E-state index contributed by atoms with van der Waals surface area (Å²) in [4.78, 5) is 58.6. The fraction of sp³-hybridized carbons (Fsp3) is 0.565. The van der Waals surface area contributed by atoms with Gasteiger partial charge in [0.25, 0.3) is 0 Å². The van der Waals surface area contributed by atoms with Crippen LogP contribution in [0.2, 0.25) is 0 Å². The first kappa shape index (κ1) is 97.1. The summed E-state index contributed by atoms with van der Waals surface area (Å²) in [6, 6.07) is 0. The molecule has 0 saturated carbocycles. The van der Waals surface area contributed by atoms with Crippen molar-refractivity contribution in [1.82, 2.24) is 0 Å². The Kier molecular flexibility index (Phi) is 71.5. The van der Waals surface area contributed by atoms with Crippen molar-refractivity contribution in [1.29, 1.82) is 0 Å². The fourth-order valence-electron chi connectivity index (χ4n) is 9.27. The van der Waals surface area contributed by atoms with Gasteiger partial charge in [-0.3, -0.25) is 32.5 Å². The lowest BCUT2D eigenvalue weighted by Crippen LogP contribution is -2.30. The van der Waals surface area contributed by atoms with Crippen molar-refractivity contribution in [2.45, 2.75) is 270 Å². The fourth-order valence-corrected chi connectivity index (χ4v) is 10.9. The highest BCUT2D eigenvalue weighted by Gasteiger charge is 2.29. The highest BCUT2D eigenvalue weighted by Crippen LogP contribution is 2.45. The van der Waals surface area contributed by atoms with Crippen molar-refractivity contribution in [3.05, 3.63) is 207 Å². The van der Waals surface area contributed by atoms with E-state index in [2.05, 4.69) is 209 Å². The van der Waals surface area contributed by atoms with E-state index in [1.807, 2.05) is 18.2 Å². The molecule has 0 radical (unpaired) electrons. The molecular weight excluding hydrogens is 1340 g/mol. The van der Waals surface area contributed by atoms with Gasteiger partial charge in [0.2, 0.25) is 0 Å². The number of carbonyl (C=O) groups is 3. The summed E-state index contributed by atoms with van der Waals surface area (Å²) < 4.78 is 61.0. The second-order valence-corrected chi connectivity index (χ2v) is 27.6. The van der Waals surface area contributed by atoms with Crippen LogP contribution >= 0.6 is 15.6 Å². The smallest absolute Gasteiger partial charge is 0.463 e. The van der Waals surface area contributed by atoms with Gasteiger partial charge in [-0.2, -0.15) is 0 Å². The van der Waals surface area contributed by atoms with Gasteiger partial charge in [-0.15, -0.1) is 0 Å². The molecule has 0 amide bonds. The third-order valence-electron chi connectivity index (χ3n) is 15.0. The van der Waals surface area contributed by atoms with E-state index in [9.17, 15) is 43.5 Å². The van der Waals surface area contributed by atoms with Gasteiger partial charge in [0.15, 0.2) is 6.10 Å². The Morgan fingerprint density at radius 2 is 0.505 bits per heavy atom. The van der Waals surface area contributed by atoms with E-state index in [0.717, 1.165) is 154 Å². The maximum atomic E-state index is 13.0. The molecule has 5 unspecified atom stereocenters. The third-order valence-corrected chi connectivity index (χ3v) is 16.9.